The fraction of sp³-hybridized carbons (Fsp3) is 0.568. The lowest BCUT2D eigenvalue weighted by Gasteiger charge is -2.09. The lowest BCUT2D eigenvalue weighted by molar-refractivity contribution is 0.0395. The lowest BCUT2D eigenvalue weighted by Crippen LogP contribution is -2.17. The van der Waals surface area contributed by atoms with Crippen LogP contribution in [0.15, 0.2) is 54.9 Å². The Morgan fingerprint density at radius 3 is 1.98 bits per heavy atom. The molecule has 0 amide bonds. The zero-order valence-corrected chi connectivity index (χ0v) is 25.7. The van der Waals surface area contributed by atoms with E-state index in [-0.39, 0.29) is 6.29 Å². The normalized spacial score (nSPS) is 15.7. The van der Waals surface area contributed by atoms with Gasteiger partial charge in [0, 0.05) is 29.9 Å². The number of hydrogen-bond acceptors (Lipinski definition) is 5. The second-order valence-electron chi connectivity index (χ2n) is 12.3. The van der Waals surface area contributed by atoms with Gasteiger partial charge in [-0.3, -0.25) is 0 Å². The zero-order chi connectivity index (χ0) is 28.8. The van der Waals surface area contributed by atoms with Gasteiger partial charge in [0.15, 0.2) is 17.3 Å². The molecule has 0 bridgehead atoms. The van der Waals surface area contributed by atoms with Crippen LogP contribution in [0.25, 0.3) is 22.5 Å². The van der Waals surface area contributed by atoms with Crippen molar-refractivity contribution in [1.82, 2.24) is 9.97 Å². The number of fused-ring (bicyclic) bond motifs is 1. The fourth-order valence-electron chi connectivity index (χ4n) is 5.74. The topological polar surface area (TPSA) is 53.5 Å². The highest BCUT2D eigenvalue weighted by Crippen LogP contribution is 2.39. The Morgan fingerprint density at radius 2 is 1.26 bits per heavy atom. The summed E-state index contributed by atoms with van der Waals surface area (Å²) >= 11 is 0. The van der Waals surface area contributed by atoms with Crippen molar-refractivity contribution < 1.29 is 14.2 Å². The second-order valence-corrected chi connectivity index (χ2v) is 12.3. The van der Waals surface area contributed by atoms with E-state index in [1.165, 1.54) is 89.9 Å². The van der Waals surface area contributed by atoms with Crippen molar-refractivity contribution in [2.24, 2.45) is 5.92 Å². The summed E-state index contributed by atoms with van der Waals surface area (Å²) in [7, 11) is 0. The average molecular weight is 571 g/mol. The number of aromatic nitrogens is 2. The predicted molar refractivity (Wildman–Crippen MR) is 171 cm³/mol. The highest BCUT2D eigenvalue weighted by Gasteiger charge is 2.24. The maximum atomic E-state index is 6.13. The van der Waals surface area contributed by atoms with Gasteiger partial charge in [0.2, 0.25) is 6.29 Å². The smallest absolute Gasteiger partial charge is 0.241 e. The van der Waals surface area contributed by atoms with Gasteiger partial charge in [-0.1, -0.05) is 109 Å². The SMILES string of the molecule is CCCCCCCCOc1ccc(-c2cnc(-c3ccc4c(c3)OC(CCCCCCCCCC3CC3)O4)nc2)cc1. The van der Waals surface area contributed by atoms with E-state index in [1.807, 2.05) is 42.7 Å². The quantitative estimate of drug-likeness (QED) is 0.126. The highest BCUT2D eigenvalue weighted by atomic mass is 16.7. The first kappa shape index (κ1) is 30.4. The molecular formula is C37H50N2O3. The second kappa shape index (κ2) is 16.5. The number of benzene rings is 2. The van der Waals surface area contributed by atoms with Gasteiger partial charge in [-0.15, -0.1) is 0 Å². The molecule has 1 unspecified atom stereocenters. The van der Waals surface area contributed by atoms with E-state index >= 15 is 0 Å². The molecule has 5 rings (SSSR count). The van der Waals surface area contributed by atoms with Crippen molar-refractivity contribution in [1.29, 1.82) is 0 Å². The summed E-state index contributed by atoms with van der Waals surface area (Å²) in [4.78, 5) is 9.31. The van der Waals surface area contributed by atoms with E-state index in [2.05, 4.69) is 29.0 Å². The molecule has 1 aliphatic carbocycles. The Balaban J connectivity index is 1.01. The first-order chi connectivity index (χ1) is 20.8. The van der Waals surface area contributed by atoms with E-state index < -0.39 is 0 Å². The molecule has 2 aromatic carbocycles. The Bertz CT molecular complexity index is 1190. The van der Waals surface area contributed by atoms with Crippen molar-refractivity contribution in [3.05, 3.63) is 54.9 Å². The van der Waals surface area contributed by atoms with Crippen LogP contribution in [0.5, 0.6) is 17.2 Å². The van der Waals surface area contributed by atoms with Gasteiger partial charge >= 0.3 is 0 Å². The van der Waals surface area contributed by atoms with E-state index in [0.29, 0.717) is 5.82 Å². The minimum absolute atomic E-state index is 0.185. The minimum Gasteiger partial charge on any atom is -0.494 e. The molecule has 0 N–H and O–H groups in total. The van der Waals surface area contributed by atoms with Gasteiger partial charge in [-0.05, 0) is 54.7 Å². The highest BCUT2D eigenvalue weighted by molar-refractivity contribution is 5.66. The minimum atomic E-state index is -0.185. The van der Waals surface area contributed by atoms with Crippen LogP contribution in [0.2, 0.25) is 0 Å². The molecule has 1 aliphatic heterocycles. The van der Waals surface area contributed by atoms with Crippen LogP contribution in [0.3, 0.4) is 0 Å². The van der Waals surface area contributed by atoms with Gasteiger partial charge in [-0.25, -0.2) is 9.97 Å². The van der Waals surface area contributed by atoms with Crippen LogP contribution in [-0.4, -0.2) is 22.9 Å². The molecule has 0 radical (unpaired) electrons. The summed E-state index contributed by atoms with van der Waals surface area (Å²) in [5.74, 6) is 4.29. The molecule has 1 aromatic heterocycles. The molecule has 3 aromatic rings. The summed E-state index contributed by atoms with van der Waals surface area (Å²) in [5.41, 5.74) is 3.00. The summed E-state index contributed by atoms with van der Waals surface area (Å²) in [5, 5.41) is 0. The Labute approximate surface area is 253 Å². The predicted octanol–water partition coefficient (Wildman–Crippen LogP) is 10.6. The van der Waals surface area contributed by atoms with Crippen LogP contribution in [-0.2, 0) is 0 Å². The maximum absolute atomic E-state index is 6.13. The lowest BCUT2D eigenvalue weighted by atomic mass is 10.1. The van der Waals surface area contributed by atoms with E-state index in [1.54, 1.807) is 0 Å². The molecule has 1 fully saturated rings. The van der Waals surface area contributed by atoms with Gasteiger partial charge in [0.1, 0.15) is 5.75 Å². The third-order valence-corrected chi connectivity index (χ3v) is 8.57. The average Bonchev–Trinajstić information content (AvgIpc) is 3.76. The van der Waals surface area contributed by atoms with Gasteiger partial charge in [-0.2, -0.15) is 0 Å². The maximum Gasteiger partial charge on any atom is 0.241 e. The number of unbranched alkanes of at least 4 members (excludes halogenated alkanes) is 11. The Kier molecular flexibility index (Phi) is 12.0. The summed E-state index contributed by atoms with van der Waals surface area (Å²) < 4.78 is 18.1. The number of hydrogen-bond donors (Lipinski definition) is 0. The molecule has 2 aliphatic rings. The van der Waals surface area contributed by atoms with Crippen molar-refractivity contribution in [3.63, 3.8) is 0 Å². The third kappa shape index (κ3) is 9.74. The molecule has 1 atom stereocenters. The fourth-order valence-corrected chi connectivity index (χ4v) is 5.74. The molecule has 2 heterocycles. The van der Waals surface area contributed by atoms with Crippen LogP contribution >= 0.6 is 0 Å². The molecule has 0 spiro atoms. The summed E-state index contributed by atoms with van der Waals surface area (Å²) in [6, 6.07) is 14.2. The number of ether oxygens (including phenoxy) is 3. The molecule has 0 saturated heterocycles. The van der Waals surface area contributed by atoms with Crippen LogP contribution in [0, 0.1) is 5.92 Å². The van der Waals surface area contributed by atoms with Crippen molar-refractivity contribution in [2.75, 3.05) is 6.61 Å². The zero-order valence-electron chi connectivity index (χ0n) is 25.7. The summed E-state index contributed by atoms with van der Waals surface area (Å²) in [6.45, 7) is 3.03. The summed E-state index contributed by atoms with van der Waals surface area (Å²) in [6.07, 6.45) is 25.9. The number of nitrogens with zero attached hydrogens (tertiary/aromatic N) is 2. The molecule has 5 nitrogen and oxygen atoms in total. The standard InChI is InChI=1S/C37H50N2O3/c1-2-3-4-5-11-14-25-40-33-22-19-30(20-23-33)32-27-38-37(39-28-32)31-21-24-34-35(26-31)42-36(41-34)16-13-10-8-6-7-9-12-15-29-17-18-29/h19-24,26-29,36H,2-18,25H2,1H3. The molecule has 226 valence electrons. The van der Waals surface area contributed by atoms with Gasteiger partial charge in [0.05, 0.1) is 6.61 Å². The van der Waals surface area contributed by atoms with Gasteiger partial charge < -0.3 is 14.2 Å². The van der Waals surface area contributed by atoms with Crippen molar-refractivity contribution in [3.8, 4) is 39.8 Å². The van der Waals surface area contributed by atoms with Crippen molar-refractivity contribution >= 4 is 0 Å². The molecular weight excluding hydrogens is 520 g/mol. The molecule has 42 heavy (non-hydrogen) atoms. The van der Waals surface area contributed by atoms with E-state index in [9.17, 15) is 0 Å². The first-order valence-corrected chi connectivity index (χ1v) is 16.8. The van der Waals surface area contributed by atoms with E-state index in [4.69, 9.17) is 14.2 Å². The van der Waals surface area contributed by atoms with Crippen LogP contribution < -0.4 is 14.2 Å². The first-order valence-electron chi connectivity index (χ1n) is 16.8. The largest absolute Gasteiger partial charge is 0.494 e. The Hall–Kier alpha value is -3.08. The Morgan fingerprint density at radius 1 is 0.643 bits per heavy atom. The monoisotopic (exact) mass is 570 g/mol. The van der Waals surface area contributed by atoms with Crippen LogP contribution in [0.4, 0.5) is 0 Å². The van der Waals surface area contributed by atoms with Crippen molar-refractivity contribution in [2.45, 2.75) is 122 Å². The number of rotatable bonds is 20. The van der Waals surface area contributed by atoms with Gasteiger partial charge in [0.25, 0.3) is 0 Å². The third-order valence-electron chi connectivity index (χ3n) is 8.57. The van der Waals surface area contributed by atoms with E-state index in [0.717, 1.165) is 65.7 Å². The molecule has 5 heteroatoms. The molecule has 1 saturated carbocycles. The van der Waals surface area contributed by atoms with Crippen LogP contribution in [0.1, 0.15) is 116 Å².